The Labute approximate surface area is 307 Å². The zero-order chi connectivity index (χ0) is 35.6. The highest BCUT2D eigenvalue weighted by Gasteiger charge is 2.22. The van der Waals surface area contributed by atoms with E-state index in [1.807, 2.05) is 18.2 Å². The van der Waals surface area contributed by atoms with E-state index in [2.05, 4.69) is 171 Å². The van der Waals surface area contributed by atoms with Crippen LogP contribution in [0.15, 0.2) is 157 Å². The number of nitrogens with zero attached hydrogens (tertiary/aromatic N) is 4. The maximum atomic E-state index is 5.08. The van der Waals surface area contributed by atoms with Crippen molar-refractivity contribution in [3.63, 3.8) is 0 Å². The van der Waals surface area contributed by atoms with Crippen LogP contribution in [0.5, 0.6) is 0 Å². The molecule has 0 aliphatic heterocycles. The smallest absolute Gasteiger partial charge is 0.160 e. The van der Waals surface area contributed by atoms with E-state index < -0.39 is 0 Å². The van der Waals surface area contributed by atoms with Crippen LogP contribution in [0.4, 0.5) is 17.1 Å². The van der Waals surface area contributed by atoms with E-state index in [1.165, 1.54) is 44.5 Å². The number of likely N-dealkylation sites (N-methyl/N-ethyl adjacent to an activating group) is 1. The van der Waals surface area contributed by atoms with Crippen LogP contribution in [0.1, 0.15) is 43.0 Å². The topological polar surface area (TPSA) is 32.3 Å². The van der Waals surface area contributed by atoms with E-state index in [9.17, 15) is 0 Å². The SMILES string of the molecule is Cc1ccccc1N(C)c1cc2ccccc2cc1C1=C(N(C)c2ccc(-c3cc(C4=CCC(C)C=C4)nc(-c4ccccc4)n3)cc2)C=CCC1. The molecule has 8 rings (SSSR count). The van der Waals surface area contributed by atoms with E-state index >= 15 is 0 Å². The van der Waals surface area contributed by atoms with Gasteiger partial charge in [-0.15, -0.1) is 0 Å². The van der Waals surface area contributed by atoms with E-state index in [-0.39, 0.29) is 0 Å². The third-order valence-corrected chi connectivity index (χ3v) is 10.5. The molecule has 0 N–H and O–H groups in total. The summed E-state index contributed by atoms with van der Waals surface area (Å²) in [5.41, 5.74) is 13.8. The van der Waals surface area contributed by atoms with Gasteiger partial charge in [-0.25, -0.2) is 9.97 Å². The first-order valence-electron chi connectivity index (χ1n) is 18.3. The average Bonchev–Trinajstić information content (AvgIpc) is 3.20. The van der Waals surface area contributed by atoms with Gasteiger partial charge in [0.05, 0.1) is 11.4 Å². The fourth-order valence-electron chi connectivity index (χ4n) is 7.43. The van der Waals surface area contributed by atoms with Gasteiger partial charge in [0, 0.05) is 53.5 Å². The van der Waals surface area contributed by atoms with E-state index in [1.54, 1.807) is 0 Å². The molecule has 1 unspecified atom stereocenters. The summed E-state index contributed by atoms with van der Waals surface area (Å²) in [6.07, 6.45) is 14.4. The van der Waals surface area contributed by atoms with Gasteiger partial charge in [0.25, 0.3) is 0 Å². The van der Waals surface area contributed by atoms with Crippen molar-refractivity contribution in [3.05, 3.63) is 174 Å². The van der Waals surface area contributed by atoms with Crippen molar-refractivity contribution >= 4 is 39.0 Å². The lowest BCUT2D eigenvalue weighted by atomic mass is 9.90. The first-order valence-corrected chi connectivity index (χ1v) is 18.3. The van der Waals surface area contributed by atoms with Crippen LogP contribution in [0.3, 0.4) is 0 Å². The molecular weight excluding hydrogens is 633 g/mol. The average molecular weight is 677 g/mol. The molecule has 0 bridgehead atoms. The molecule has 1 atom stereocenters. The van der Waals surface area contributed by atoms with Crippen molar-refractivity contribution in [1.82, 2.24) is 9.97 Å². The molecule has 256 valence electrons. The molecule has 0 spiro atoms. The largest absolute Gasteiger partial charge is 0.344 e. The maximum absolute atomic E-state index is 5.08. The van der Waals surface area contributed by atoms with Crippen molar-refractivity contribution < 1.29 is 0 Å². The van der Waals surface area contributed by atoms with Gasteiger partial charge in [0.1, 0.15) is 0 Å². The first-order chi connectivity index (χ1) is 25.4. The fraction of sp³-hybridized carbons (Fsp3) is 0.167. The molecular formula is C48H44N4. The van der Waals surface area contributed by atoms with Crippen LogP contribution in [0, 0.1) is 12.8 Å². The van der Waals surface area contributed by atoms with Gasteiger partial charge in [-0.1, -0.05) is 116 Å². The summed E-state index contributed by atoms with van der Waals surface area (Å²) in [4.78, 5) is 14.8. The Kier molecular flexibility index (Phi) is 9.13. The second-order valence-corrected chi connectivity index (χ2v) is 14.0. The first kappa shape index (κ1) is 33.2. The number of anilines is 3. The van der Waals surface area contributed by atoms with E-state index in [0.717, 1.165) is 58.9 Å². The van der Waals surface area contributed by atoms with Crippen molar-refractivity contribution in [2.24, 2.45) is 5.92 Å². The predicted molar refractivity (Wildman–Crippen MR) is 221 cm³/mol. The Morgan fingerprint density at radius 2 is 1.37 bits per heavy atom. The van der Waals surface area contributed by atoms with Crippen molar-refractivity contribution in [3.8, 4) is 22.6 Å². The van der Waals surface area contributed by atoms with E-state index in [4.69, 9.17) is 9.97 Å². The monoisotopic (exact) mass is 676 g/mol. The lowest BCUT2D eigenvalue weighted by Crippen LogP contribution is -2.19. The van der Waals surface area contributed by atoms with Crippen LogP contribution in [-0.4, -0.2) is 24.1 Å². The lowest BCUT2D eigenvalue weighted by molar-refractivity contribution is 0.738. The number of aryl methyl sites for hydroxylation is 1. The van der Waals surface area contributed by atoms with Gasteiger partial charge in [0.15, 0.2) is 5.82 Å². The van der Waals surface area contributed by atoms with Crippen LogP contribution < -0.4 is 9.80 Å². The molecule has 5 aromatic carbocycles. The van der Waals surface area contributed by atoms with E-state index in [0.29, 0.717) is 5.92 Å². The Bertz CT molecular complexity index is 2380. The fourth-order valence-corrected chi connectivity index (χ4v) is 7.43. The summed E-state index contributed by atoms with van der Waals surface area (Å²) in [7, 11) is 4.38. The summed E-state index contributed by atoms with van der Waals surface area (Å²) >= 11 is 0. The van der Waals surface area contributed by atoms with Crippen LogP contribution in [0.25, 0.3) is 44.6 Å². The molecule has 1 heterocycles. The van der Waals surface area contributed by atoms with Crippen molar-refractivity contribution in [2.75, 3.05) is 23.9 Å². The molecule has 0 fully saturated rings. The molecule has 2 aliphatic carbocycles. The normalized spacial score (nSPS) is 15.5. The zero-order valence-corrected chi connectivity index (χ0v) is 30.4. The lowest BCUT2D eigenvalue weighted by Gasteiger charge is -2.30. The van der Waals surface area contributed by atoms with Gasteiger partial charge in [-0.05, 0) is 102 Å². The second kappa shape index (κ2) is 14.3. The number of fused-ring (bicyclic) bond motifs is 1. The third-order valence-electron chi connectivity index (χ3n) is 10.5. The highest BCUT2D eigenvalue weighted by molar-refractivity contribution is 5.95. The standard InChI is InChI=1S/C48H44N4/c1-33-22-24-35(25-23-33)43-32-44(50-48(49-43)37-15-6-5-7-16-37)36-26-28-40(29-27-36)51(3)46-21-13-11-19-41(46)42-30-38-17-9-10-18-39(38)31-47(42)52(4)45-20-12-8-14-34(45)2/h5-10,12-18,20-22,24-33H,11,19,23H2,1-4H3. The number of allylic oxidation sites excluding steroid dienone is 7. The highest BCUT2D eigenvalue weighted by atomic mass is 15.1. The molecule has 6 aromatic rings. The predicted octanol–water partition coefficient (Wildman–Crippen LogP) is 12.2. The summed E-state index contributed by atoms with van der Waals surface area (Å²) < 4.78 is 0. The minimum Gasteiger partial charge on any atom is -0.344 e. The summed E-state index contributed by atoms with van der Waals surface area (Å²) in [5.74, 6) is 1.28. The summed E-state index contributed by atoms with van der Waals surface area (Å²) in [5, 5.41) is 2.49. The van der Waals surface area contributed by atoms with Gasteiger partial charge < -0.3 is 9.80 Å². The van der Waals surface area contributed by atoms with Crippen LogP contribution in [-0.2, 0) is 0 Å². The van der Waals surface area contributed by atoms with Gasteiger partial charge in [-0.2, -0.15) is 0 Å². The Balaban J connectivity index is 1.18. The van der Waals surface area contributed by atoms with Crippen LogP contribution >= 0.6 is 0 Å². The minimum absolute atomic E-state index is 0.541. The molecule has 0 radical (unpaired) electrons. The van der Waals surface area contributed by atoms with Gasteiger partial charge >= 0.3 is 0 Å². The number of hydrogen-bond acceptors (Lipinski definition) is 4. The molecule has 0 amide bonds. The molecule has 0 saturated carbocycles. The summed E-state index contributed by atoms with van der Waals surface area (Å²) in [6.45, 7) is 4.43. The number of benzene rings is 5. The third kappa shape index (κ3) is 6.60. The summed E-state index contributed by atoms with van der Waals surface area (Å²) in [6, 6.07) is 43.3. The Hall–Kier alpha value is -6.00. The number of hydrogen-bond donors (Lipinski definition) is 0. The van der Waals surface area contributed by atoms with Crippen molar-refractivity contribution in [1.29, 1.82) is 0 Å². The van der Waals surface area contributed by atoms with Gasteiger partial charge in [0.2, 0.25) is 0 Å². The molecule has 2 aliphatic rings. The van der Waals surface area contributed by atoms with Crippen LogP contribution in [0.2, 0.25) is 0 Å². The molecule has 4 nitrogen and oxygen atoms in total. The minimum atomic E-state index is 0.541. The highest BCUT2D eigenvalue weighted by Crippen LogP contribution is 2.41. The van der Waals surface area contributed by atoms with Crippen molar-refractivity contribution in [2.45, 2.75) is 33.1 Å². The molecule has 0 saturated heterocycles. The molecule has 1 aromatic heterocycles. The zero-order valence-electron chi connectivity index (χ0n) is 30.4. The quantitative estimate of drug-likeness (QED) is 0.161. The number of para-hydroxylation sites is 1. The molecule has 4 heteroatoms. The molecule has 52 heavy (non-hydrogen) atoms. The van der Waals surface area contributed by atoms with Gasteiger partial charge in [-0.3, -0.25) is 0 Å². The Morgan fingerprint density at radius 3 is 2.12 bits per heavy atom. The number of aromatic nitrogens is 2. The second-order valence-electron chi connectivity index (χ2n) is 14.0. The maximum Gasteiger partial charge on any atom is 0.160 e. The Morgan fingerprint density at radius 1 is 0.654 bits per heavy atom. The number of rotatable bonds is 8.